The molecule has 0 aromatic carbocycles. The second-order valence-corrected chi connectivity index (χ2v) is 10.0. The predicted molar refractivity (Wildman–Crippen MR) is 111 cm³/mol. The molecule has 30 heavy (non-hydrogen) atoms. The molecule has 3 fully saturated rings. The molecule has 4 rings (SSSR count). The lowest BCUT2D eigenvalue weighted by molar-refractivity contribution is -0.155. The van der Waals surface area contributed by atoms with E-state index in [9.17, 15) is 4.79 Å². The van der Waals surface area contributed by atoms with Crippen LogP contribution >= 0.6 is 0 Å². The molecule has 6 nitrogen and oxygen atoms in total. The molecule has 0 bridgehead atoms. The van der Waals surface area contributed by atoms with Crippen molar-refractivity contribution < 1.29 is 28.5 Å². The zero-order valence-corrected chi connectivity index (χ0v) is 18.8. The van der Waals surface area contributed by atoms with E-state index in [0.717, 1.165) is 19.3 Å². The lowest BCUT2D eigenvalue weighted by Crippen LogP contribution is -2.56. The van der Waals surface area contributed by atoms with Crippen LogP contribution in [0.1, 0.15) is 46.0 Å². The third-order valence-corrected chi connectivity index (χ3v) is 8.34. The summed E-state index contributed by atoms with van der Waals surface area (Å²) in [6.45, 7) is 10.1. The Morgan fingerprint density at radius 3 is 2.70 bits per heavy atom. The van der Waals surface area contributed by atoms with Gasteiger partial charge in [-0.15, -0.1) is 0 Å². The second-order valence-electron chi connectivity index (χ2n) is 10.0. The summed E-state index contributed by atoms with van der Waals surface area (Å²) in [6, 6.07) is 0. The molecule has 1 heterocycles. The quantitative estimate of drug-likeness (QED) is 0.205. The molecule has 0 radical (unpaired) electrons. The van der Waals surface area contributed by atoms with Crippen molar-refractivity contribution in [2.24, 2.45) is 28.6 Å². The van der Waals surface area contributed by atoms with Crippen LogP contribution in [-0.4, -0.2) is 52.6 Å². The van der Waals surface area contributed by atoms with Gasteiger partial charge in [-0.2, -0.15) is 0 Å². The van der Waals surface area contributed by atoms with Gasteiger partial charge in [0.15, 0.2) is 0 Å². The highest BCUT2D eigenvalue weighted by molar-refractivity contribution is 5.91. The van der Waals surface area contributed by atoms with Gasteiger partial charge in [-0.05, 0) is 53.9 Å². The van der Waals surface area contributed by atoms with Crippen molar-refractivity contribution >= 4 is 5.97 Å². The van der Waals surface area contributed by atoms with E-state index in [1.807, 2.05) is 0 Å². The van der Waals surface area contributed by atoms with Crippen LogP contribution in [0.2, 0.25) is 0 Å². The van der Waals surface area contributed by atoms with Crippen LogP contribution in [0, 0.1) is 28.6 Å². The Bertz CT molecular complexity index is 716. The molecule has 4 aliphatic rings. The minimum absolute atomic E-state index is 0.100. The second kappa shape index (κ2) is 8.38. The van der Waals surface area contributed by atoms with E-state index in [4.69, 9.17) is 23.7 Å². The van der Waals surface area contributed by atoms with Gasteiger partial charge in [0.1, 0.15) is 19.7 Å². The van der Waals surface area contributed by atoms with Crippen molar-refractivity contribution in [1.29, 1.82) is 0 Å². The zero-order valence-electron chi connectivity index (χ0n) is 18.8. The predicted octanol–water partition coefficient (Wildman–Crippen LogP) is 3.86. The van der Waals surface area contributed by atoms with Crippen molar-refractivity contribution in [3.05, 3.63) is 23.8 Å². The fourth-order valence-electron chi connectivity index (χ4n) is 7.00. The van der Waals surface area contributed by atoms with Crippen molar-refractivity contribution in [2.45, 2.75) is 58.2 Å². The number of rotatable bonds is 7. The van der Waals surface area contributed by atoms with Gasteiger partial charge in [0, 0.05) is 19.8 Å². The van der Waals surface area contributed by atoms with Gasteiger partial charge < -0.3 is 23.7 Å². The third-order valence-electron chi connectivity index (χ3n) is 8.34. The number of carbonyl (C=O) groups excluding carboxylic acids is 1. The van der Waals surface area contributed by atoms with Crippen LogP contribution in [0.4, 0.5) is 0 Å². The van der Waals surface area contributed by atoms with Crippen molar-refractivity contribution in [3.8, 4) is 0 Å². The first-order valence-corrected chi connectivity index (χ1v) is 11.1. The minimum atomic E-state index is -0.286. The van der Waals surface area contributed by atoms with E-state index in [1.54, 1.807) is 14.2 Å². The highest BCUT2D eigenvalue weighted by atomic mass is 16.7. The number of hydrogen-bond donors (Lipinski definition) is 0. The molecular weight excluding hydrogens is 384 g/mol. The van der Waals surface area contributed by atoms with Crippen molar-refractivity contribution in [3.63, 3.8) is 0 Å². The molecule has 0 aromatic heterocycles. The molecule has 168 valence electrons. The average molecular weight is 421 g/mol. The Labute approximate surface area is 179 Å². The molecule has 3 aliphatic carbocycles. The van der Waals surface area contributed by atoms with E-state index in [1.165, 1.54) is 18.4 Å². The van der Waals surface area contributed by atoms with Gasteiger partial charge in [0.25, 0.3) is 0 Å². The van der Waals surface area contributed by atoms with Gasteiger partial charge in [-0.3, -0.25) is 0 Å². The molecule has 0 amide bonds. The maximum absolute atomic E-state index is 12.4. The first-order valence-electron chi connectivity index (χ1n) is 11.1. The Morgan fingerprint density at radius 2 is 1.97 bits per heavy atom. The van der Waals surface area contributed by atoms with Gasteiger partial charge in [0.05, 0.1) is 18.6 Å². The summed E-state index contributed by atoms with van der Waals surface area (Å²) >= 11 is 0. The monoisotopic (exact) mass is 420 g/mol. The topological polar surface area (TPSA) is 63.2 Å². The number of fused-ring (bicyclic) bond motifs is 5. The smallest absolute Gasteiger partial charge is 0.334 e. The van der Waals surface area contributed by atoms with Crippen LogP contribution in [0.5, 0.6) is 0 Å². The van der Waals surface area contributed by atoms with Crippen LogP contribution in [0.15, 0.2) is 23.8 Å². The van der Waals surface area contributed by atoms with E-state index >= 15 is 0 Å². The Kier molecular flexibility index (Phi) is 6.14. The lowest BCUT2D eigenvalue weighted by atomic mass is 9.46. The van der Waals surface area contributed by atoms with E-state index in [-0.39, 0.29) is 41.7 Å². The average Bonchev–Trinajstić information content (AvgIpc) is 3.01. The zero-order chi connectivity index (χ0) is 21.5. The number of allylic oxidation sites excluding steroid dienone is 1. The van der Waals surface area contributed by atoms with Crippen molar-refractivity contribution in [1.82, 2.24) is 0 Å². The lowest BCUT2D eigenvalue weighted by Gasteiger charge is -2.60. The largest absolute Gasteiger partial charge is 0.454 e. The molecule has 1 saturated heterocycles. The number of methoxy groups -OCH3 is 2. The summed E-state index contributed by atoms with van der Waals surface area (Å²) in [5, 5.41) is 0. The highest BCUT2D eigenvalue weighted by Gasteiger charge is 2.60. The van der Waals surface area contributed by atoms with Gasteiger partial charge in [0.2, 0.25) is 0 Å². The molecular formula is C24H36O6. The first kappa shape index (κ1) is 22.0. The summed E-state index contributed by atoms with van der Waals surface area (Å²) in [5.74, 6) is 0.422. The summed E-state index contributed by atoms with van der Waals surface area (Å²) < 4.78 is 28.1. The molecule has 0 N–H and O–H groups in total. The Hall–Kier alpha value is -1.21. The molecule has 7 atom stereocenters. The fraction of sp³-hybridized carbons (Fsp3) is 0.792. The van der Waals surface area contributed by atoms with E-state index in [2.05, 4.69) is 26.5 Å². The highest BCUT2D eigenvalue weighted by Crippen LogP contribution is 2.64. The molecule has 1 aliphatic heterocycles. The summed E-state index contributed by atoms with van der Waals surface area (Å²) in [7, 11) is 3.29. The van der Waals surface area contributed by atoms with Crippen LogP contribution in [0.3, 0.4) is 0 Å². The number of ether oxygens (including phenoxy) is 5. The summed E-state index contributed by atoms with van der Waals surface area (Å²) in [5.41, 5.74) is 2.03. The summed E-state index contributed by atoms with van der Waals surface area (Å²) in [4.78, 5) is 12.4. The molecule has 0 aromatic rings. The molecule has 2 saturated carbocycles. The minimum Gasteiger partial charge on any atom is -0.454 e. The molecule has 6 heteroatoms. The Morgan fingerprint density at radius 1 is 1.20 bits per heavy atom. The van der Waals surface area contributed by atoms with Crippen molar-refractivity contribution in [2.75, 3.05) is 34.4 Å². The standard InChI is InChI=1S/C24H36O6/c1-15-20-18(29-14-27-5)11-17-16(21(20)30-22(15)25)7-8-19-23(2,12-28-13-26-4)9-6-10-24(17,19)3/h7,17-21H,1,6,8-14H2,2-5H3/t17-,18+,19-,20-,21+,23-,24+/m1/s1. The van der Waals surface area contributed by atoms with Crippen LogP contribution in [-0.2, 0) is 28.5 Å². The van der Waals surface area contributed by atoms with Gasteiger partial charge in [-0.25, -0.2) is 4.79 Å². The van der Waals surface area contributed by atoms with E-state index < -0.39 is 0 Å². The van der Waals surface area contributed by atoms with E-state index in [0.29, 0.717) is 30.8 Å². The Balaban J connectivity index is 1.66. The SMILES string of the molecule is C=C1C(=O)O[C@H]2C3=CC[C@@H]4[C@@](C)(COCOC)CCC[C@@]4(C)[C@@H]3C[C@H](OCOC)[C@@H]12. The first-order chi connectivity index (χ1) is 14.4. The van der Waals surface area contributed by atoms with Crippen LogP contribution in [0.25, 0.3) is 0 Å². The molecule has 0 spiro atoms. The fourth-order valence-corrected chi connectivity index (χ4v) is 7.00. The van der Waals surface area contributed by atoms with Crippen LogP contribution < -0.4 is 0 Å². The number of esters is 1. The normalized spacial score (nSPS) is 42.8. The summed E-state index contributed by atoms with van der Waals surface area (Å²) in [6.07, 6.45) is 7.35. The van der Waals surface area contributed by atoms with Gasteiger partial charge >= 0.3 is 5.97 Å². The maximum atomic E-state index is 12.4. The molecule has 0 unspecified atom stereocenters. The number of carbonyl (C=O) groups is 1. The third kappa shape index (κ3) is 3.46. The maximum Gasteiger partial charge on any atom is 0.334 e. The number of hydrogen-bond acceptors (Lipinski definition) is 6. The van der Waals surface area contributed by atoms with Gasteiger partial charge in [-0.1, -0.05) is 32.9 Å².